The summed E-state index contributed by atoms with van der Waals surface area (Å²) in [5, 5.41) is 11.4. The molecule has 3 rings (SSSR count). The van der Waals surface area contributed by atoms with Crippen LogP contribution >= 0.6 is 0 Å². The number of aliphatic hydroxyl groups is 1. The third-order valence-corrected chi connectivity index (χ3v) is 7.31. The molecule has 0 unspecified atom stereocenters. The van der Waals surface area contributed by atoms with Crippen molar-refractivity contribution in [1.82, 2.24) is 0 Å². The van der Waals surface area contributed by atoms with E-state index in [4.69, 9.17) is 28.4 Å². The summed E-state index contributed by atoms with van der Waals surface area (Å²) in [4.78, 5) is 0. The average Bonchev–Trinajstić information content (AvgIpc) is 2.98. The summed E-state index contributed by atoms with van der Waals surface area (Å²) < 4.78 is 37.5. The quantitative estimate of drug-likeness (QED) is 0.147. The Labute approximate surface area is 253 Å². The molecule has 2 atom stereocenters. The molecule has 0 radical (unpaired) electrons. The topological polar surface area (TPSA) is 75.6 Å². The van der Waals surface area contributed by atoms with Crippen LogP contribution in [0, 0.1) is 0 Å². The van der Waals surface area contributed by atoms with Crippen LogP contribution in [0.1, 0.15) is 116 Å². The van der Waals surface area contributed by atoms with Crippen molar-refractivity contribution in [1.29, 1.82) is 0 Å². The third-order valence-electron chi connectivity index (χ3n) is 7.31. The van der Waals surface area contributed by atoms with Gasteiger partial charge in [-0.05, 0) is 44.2 Å². The predicted octanol–water partition coefficient (Wildman–Crippen LogP) is 8.62. The van der Waals surface area contributed by atoms with Crippen molar-refractivity contribution in [2.24, 2.45) is 0 Å². The van der Waals surface area contributed by atoms with Gasteiger partial charge in [0, 0.05) is 29.7 Å². The molecule has 236 valence electrons. The van der Waals surface area contributed by atoms with E-state index in [1.807, 2.05) is 24.3 Å². The van der Waals surface area contributed by atoms with Crippen molar-refractivity contribution >= 4 is 0 Å². The van der Waals surface area contributed by atoms with Crippen molar-refractivity contribution < 1.29 is 33.5 Å². The molecule has 0 fully saturated rings. The molecule has 1 N–H and O–H groups in total. The highest BCUT2D eigenvalue weighted by atomic mass is 16.5. The lowest BCUT2D eigenvalue weighted by Crippen LogP contribution is -2.31. The molecule has 0 aromatic heterocycles. The molecule has 0 amide bonds. The highest BCUT2D eigenvalue weighted by Gasteiger charge is 2.34. The number of benzene rings is 2. The van der Waals surface area contributed by atoms with Crippen LogP contribution in [0.5, 0.6) is 34.5 Å². The van der Waals surface area contributed by atoms with Crippen LogP contribution in [0.15, 0.2) is 24.3 Å². The SMILES string of the molecule is CCCCOc1cc(OCCCC)c2c(c1)O[C@H](c1cc(OCCCC)c(OCCCC)c(OCCCC)c1)[C@H](O)C2. The smallest absolute Gasteiger partial charge is 0.203 e. The van der Waals surface area contributed by atoms with E-state index in [-0.39, 0.29) is 0 Å². The molecule has 0 bridgehead atoms. The van der Waals surface area contributed by atoms with Crippen LogP contribution in [0.3, 0.4) is 0 Å². The van der Waals surface area contributed by atoms with Crippen molar-refractivity contribution in [2.75, 3.05) is 33.0 Å². The van der Waals surface area contributed by atoms with Gasteiger partial charge in [0.2, 0.25) is 5.75 Å². The van der Waals surface area contributed by atoms with Gasteiger partial charge < -0.3 is 33.5 Å². The van der Waals surface area contributed by atoms with Gasteiger partial charge in [-0.1, -0.05) is 66.7 Å². The minimum Gasteiger partial charge on any atom is -0.493 e. The zero-order valence-corrected chi connectivity index (χ0v) is 26.7. The van der Waals surface area contributed by atoms with Crippen LogP contribution in [0.25, 0.3) is 0 Å². The number of ether oxygens (including phenoxy) is 6. The number of hydrogen-bond donors (Lipinski definition) is 1. The average molecular weight is 587 g/mol. The lowest BCUT2D eigenvalue weighted by atomic mass is 9.93. The predicted molar refractivity (Wildman–Crippen MR) is 168 cm³/mol. The number of aliphatic hydroxyl groups excluding tert-OH is 1. The second-order valence-corrected chi connectivity index (χ2v) is 11.1. The van der Waals surface area contributed by atoms with E-state index in [0.717, 1.165) is 86.8 Å². The Morgan fingerprint density at radius 1 is 0.619 bits per heavy atom. The van der Waals surface area contributed by atoms with Crippen LogP contribution < -0.4 is 28.4 Å². The van der Waals surface area contributed by atoms with Crippen LogP contribution in [0.2, 0.25) is 0 Å². The van der Waals surface area contributed by atoms with Gasteiger partial charge >= 0.3 is 0 Å². The Bertz CT molecular complexity index is 1020. The first-order valence-electron chi connectivity index (χ1n) is 16.4. The van der Waals surface area contributed by atoms with Crippen molar-refractivity contribution in [3.05, 3.63) is 35.4 Å². The second-order valence-electron chi connectivity index (χ2n) is 11.1. The number of rotatable bonds is 21. The normalized spacial score (nSPS) is 16.0. The highest BCUT2D eigenvalue weighted by Crippen LogP contribution is 2.46. The van der Waals surface area contributed by atoms with Gasteiger partial charge in [0.05, 0.1) is 39.1 Å². The molecule has 1 aliphatic heterocycles. The molecule has 42 heavy (non-hydrogen) atoms. The molecular formula is C35H54O7. The van der Waals surface area contributed by atoms with Gasteiger partial charge in [-0.2, -0.15) is 0 Å². The molecular weight excluding hydrogens is 532 g/mol. The van der Waals surface area contributed by atoms with Gasteiger partial charge in [0.15, 0.2) is 17.6 Å². The van der Waals surface area contributed by atoms with Gasteiger partial charge in [-0.15, -0.1) is 0 Å². The summed E-state index contributed by atoms with van der Waals surface area (Å²) in [6.45, 7) is 13.7. The van der Waals surface area contributed by atoms with Crippen LogP contribution in [0.4, 0.5) is 0 Å². The highest BCUT2D eigenvalue weighted by molar-refractivity contribution is 5.56. The van der Waals surface area contributed by atoms with Crippen molar-refractivity contribution in [3.63, 3.8) is 0 Å². The number of hydrogen-bond acceptors (Lipinski definition) is 7. The lowest BCUT2D eigenvalue weighted by molar-refractivity contribution is 0.0192. The first kappa shape index (κ1) is 33.7. The Morgan fingerprint density at radius 3 is 1.62 bits per heavy atom. The molecule has 0 spiro atoms. The van der Waals surface area contributed by atoms with E-state index in [0.29, 0.717) is 62.5 Å². The van der Waals surface area contributed by atoms with Gasteiger partial charge in [0.1, 0.15) is 17.2 Å². The summed E-state index contributed by atoms with van der Waals surface area (Å²) in [5.41, 5.74) is 1.66. The molecule has 7 nitrogen and oxygen atoms in total. The third kappa shape index (κ3) is 9.89. The monoisotopic (exact) mass is 586 g/mol. The summed E-state index contributed by atoms with van der Waals surface area (Å²) in [5.74, 6) is 4.00. The fourth-order valence-corrected chi connectivity index (χ4v) is 4.69. The largest absolute Gasteiger partial charge is 0.493 e. The van der Waals surface area contributed by atoms with Gasteiger partial charge in [-0.25, -0.2) is 0 Å². The van der Waals surface area contributed by atoms with E-state index >= 15 is 0 Å². The summed E-state index contributed by atoms with van der Waals surface area (Å²) in [6.07, 6.45) is 8.93. The van der Waals surface area contributed by atoms with Crippen LogP contribution in [-0.2, 0) is 6.42 Å². The Morgan fingerprint density at radius 2 is 1.10 bits per heavy atom. The Hall–Kier alpha value is -2.80. The van der Waals surface area contributed by atoms with Crippen LogP contribution in [-0.4, -0.2) is 44.2 Å². The molecule has 0 saturated carbocycles. The zero-order valence-electron chi connectivity index (χ0n) is 26.7. The standard InChI is InChI=1S/C35H54O7/c1-6-11-16-37-27-23-30(38-17-12-7-2)28-25-29(36)34(42-31(28)24-27)26-21-32(39-18-13-8-3)35(41-20-15-10-5)33(22-26)40-19-14-9-4/h21-24,29,34,36H,6-20,25H2,1-5H3/t29-,34-/m1/s1. The molecule has 1 heterocycles. The Balaban J connectivity index is 1.99. The van der Waals surface area contributed by atoms with Crippen molar-refractivity contribution in [2.45, 2.75) is 117 Å². The molecule has 0 aliphatic carbocycles. The van der Waals surface area contributed by atoms with E-state index < -0.39 is 12.2 Å². The zero-order chi connectivity index (χ0) is 30.2. The Kier molecular flexibility index (Phi) is 15.0. The van der Waals surface area contributed by atoms with Crippen molar-refractivity contribution in [3.8, 4) is 34.5 Å². The summed E-state index contributed by atoms with van der Waals surface area (Å²) in [7, 11) is 0. The van der Waals surface area contributed by atoms with E-state index in [2.05, 4.69) is 34.6 Å². The fraction of sp³-hybridized carbons (Fsp3) is 0.657. The van der Waals surface area contributed by atoms with Gasteiger partial charge in [0.25, 0.3) is 0 Å². The van der Waals surface area contributed by atoms with E-state index in [1.54, 1.807) is 0 Å². The summed E-state index contributed by atoms with van der Waals surface area (Å²) in [6, 6.07) is 7.75. The maximum atomic E-state index is 11.4. The first-order chi connectivity index (χ1) is 20.6. The molecule has 2 aromatic carbocycles. The molecule has 7 heteroatoms. The van der Waals surface area contributed by atoms with E-state index in [9.17, 15) is 5.11 Å². The lowest BCUT2D eigenvalue weighted by Gasteiger charge is -2.33. The minimum absolute atomic E-state index is 0.406. The molecule has 1 aliphatic rings. The summed E-state index contributed by atoms with van der Waals surface area (Å²) >= 11 is 0. The first-order valence-corrected chi connectivity index (χ1v) is 16.4. The fourth-order valence-electron chi connectivity index (χ4n) is 4.69. The van der Waals surface area contributed by atoms with Gasteiger partial charge in [-0.3, -0.25) is 0 Å². The number of unbranched alkanes of at least 4 members (excludes halogenated alkanes) is 5. The maximum Gasteiger partial charge on any atom is 0.203 e. The maximum absolute atomic E-state index is 11.4. The minimum atomic E-state index is -0.781. The van der Waals surface area contributed by atoms with E-state index in [1.165, 1.54) is 0 Å². The second kappa shape index (κ2) is 18.7. The molecule has 2 aromatic rings. The molecule has 0 saturated heterocycles. The number of fused-ring (bicyclic) bond motifs is 1.